The van der Waals surface area contributed by atoms with Crippen LogP contribution in [-0.2, 0) is 15.6 Å². The van der Waals surface area contributed by atoms with Crippen molar-refractivity contribution in [1.29, 1.82) is 0 Å². The first-order valence-corrected chi connectivity index (χ1v) is 11.9. The molecule has 0 saturated carbocycles. The van der Waals surface area contributed by atoms with E-state index in [1.165, 1.54) is 0 Å². The third kappa shape index (κ3) is 4.65. The molecule has 0 saturated heterocycles. The molecule has 4 rings (SSSR count). The normalized spacial score (nSPS) is 11.8. The van der Waals surface area contributed by atoms with Gasteiger partial charge in [-0.1, -0.05) is 112 Å². The molecule has 35 heavy (non-hydrogen) atoms. The quantitative estimate of drug-likeness (QED) is 0.158. The average molecular weight is 465 g/mol. The largest absolute Gasteiger partial charge is 0.466 e. The second-order valence-electron chi connectivity index (χ2n) is 9.71. The SMILES string of the molecule is COCOc1c(C=O)cc(C(C)(C)C)cc1C(c1ccccc1)(c1ccccc1)c1ccccc1. The van der Waals surface area contributed by atoms with Gasteiger partial charge in [-0.15, -0.1) is 0 Å². The fourth-order valence-electron chi connectivity index (χ4n) is 4.76. The monoisotopic (exact) mass is 464 g/mol. The van der Waals surface area contributed by atoms with E-state index in [2.05, 4.69) is 99.6 Å². The van der Waals surface area contributed by atoms with Gasteiger partial charge < -0.3 is 9.47 Å². The van der Waals surface area contributed by atoms with Gasteiger partial charge in [0.25, 0.3) is 0 Å². The van der Waals surface area contributed by atoms with Crippen LogP contribution in [0.25, 0.3) is 0 Å². The third-order valence-corrected chi connectivity index (χ3v) is 6.46. The summed E-state index contributed by atoms with van der Waals surface area (Å²) >= 11 is 0. The Labute approximate surface area is 208 Å². The van der Waals surface area contributed by atoms with E-state index in [9.17, 15) is 4.79 Å². The van der Waals surface area contributed by atoms with Crippen molar-refractivity contribution in [2.45, 2.75) is 31.6 Å². The van der Waals surface area contributed by atoms with Gasteiger partial charge in [-0.3, -0.25) is 4.79 Å². The van der Waals surface area contributed by atoms with E-state index >= 15 is 0 Å². The van der Waals surface area contributed by atoms with Crippen LogP contribution in [0.3, 0.4) is 0 Å². The van der Waals surface area contributed by atoms with Crippen molar-refractivity contribution in [1.82, 2.24) is 0 Å². The molecule has 0 heterocycles. The number of hydrogen-bond donors (Lipinski definition) is 0. The van der Waals surface area contributed by atoms with Crippen LogP contribution in [0.15, 0.2) is 103 Å². The number of rotatable bonds is 8. The average Bonchev–Trinajstić information content (AvgIpc) is 2.89. The van der Waals surface area contributed by atoms with E-state index in [0.29, 0.717) is 11.3 Å². The van der Waals surface area contributed by atoms with Crippen LogP contribution in [0.1, 0.15) is 58.9 Å². The zero-order valence-corrected chi connectivity index (χ0v) is 20.8. The number of hydrogen-bond acceptors (Lipinski definition) is 3. The molecule has 0 bridgehead atoms. The molecule has 0 atom stereocenters. The number of carbonyl (C=O) groups is 1. The second kappa shape index (κ2) is 10.3. The van der Waals surface area contributed by atoms with E-state index in [1.807, 2.05) is 24.3 Å². The zero-order valence-electron chi connectivity index (χ0n) is 20.8. The van der Waals surface area contributed by atoms with Crippen LogP contribution in [-0.4, -0.2) is 20.2 Å². The highest BCUT2D eigenvalue weighted by molar-refractivity contribution is 5.83. The summed E-state index contributed by atoms with van der Waals surface area (Å²) in [7, 11) is 1.59. The lowest BCUT2D eigenvalue weighted by molar-refractivity contribution is 0.0494. The minimum Gasteiger partial charge on any atom is -0.466 e. The van der Waals surface area contributed by atoms with Gasteiger partial charge in [0, 0.05) is 12.7 Å². The summed E-state index contributed by atoms with van der Waals surface area (Å²) < 4.78 is 11.5. The van der Waals surface area contributed by atoms with E-state index < -0.39 is 5.41 Å². The van der Waals surface area contributed by atoms with Crippen LogP contribution in [0.4, 0.5) is 0 Å². The Morgan fingerprint density at radius 3 is 1.51 bits per heavy atom. The summed E-state index contributed by atoms with van der Waals surface area (Å²) in [6.07, 6.45) is 0.884. The maximum atomic E-state index is 12.4. The lowest BCUT2D eigenvalue weighted by Gasteiger charge is -2.39. The van der Waals surface area contributed by atoms with E-state index in [4.69, 9.17) is 9.47 Å². The van der Waals surface area contributed by atoms with Gasteiger partial charge in [0.2, 0.25) is 0 Å². The first-order chi connectivity index (χ1) is 16.9. The second-order valence-corrected chi connectivity index (χ2v) is 9.71. The molecule has 0 aliphatic heterocycles. The number of benzene rings is 4. The van der Waals surface area contributed by atoms with Gasteiger partial charge in [-0.05, 0) is 39.8 Å². The molecular formula is C32H32O3. The molecule has 0 unspecified atom stereocenters. The summed E-state index contributed by atoms with van der Waals surface area (Å²) in [6.45, 7) is 6.51. The summed E-state index contributed by atoms with van der Waals surface area (Å²) in [4.78, 5) is 12.4. The molecule has 0 fully saturated rings. The number of methoxy groups -OCH3 is 1. The molecular weight excluding hydrogens is 432 g/mol. The van der Waals surface area contributed by atoms with E-state index in [-0.39, 0.29) is 12.2 Å². The van der Waals surface area contributed by atoms with Gasteiger partial charge in [-0.2, -0.15) is 0 Å². The van der Waals surface area contributed by atoms with Crippen LogP contribution in [0.2, 0.25) is 0 Å². The van der Waals surface area contributed by atoms with Crippen LogP contribution in [0.5, 0.6) is 5.75 Å². The fourth-order valence-corrected chi connectivity index (χ4v) is 4.76. The molecule has 0 aliphatic carbocycles. The lowest BCUT2D eigenvalue weighted by Crippen LogP contribution is -2.32. The van der Waals surface area contributed by atoms with Gasteiger partial charge in [0.15, 0.2) is 13.1 Å². The predicted molar refractivity (Wildman–Crippen MR) is 141 cm³/mol. The predicted octanol–water partition coefficient (Wildman–Crippen LogP) is 7.16. The standard InChI is InChI=1S/C32H32O3/c1-31(2,3)28-20-24(22-33)30(35-23-34-4)29(21-28)32(25-14-8-5-9-15-25,26-16-10-6-11-17-26)27-18-12-7-13-19-27/h5-22H,23H2,1-4H3. The molecule has 0 N–H and O–H groups in total. The maximum absolute atomic E-state index is 12.4. The molecule has 0 radical (unpaired) electrons. The van der Waals surface area contributed by atoms with Gasteiger partial charge in [-0.25, -0.2) is 0 Å². The summed E-state index contributed by atoms with van der Waals surface area (Å²) in [5.74, 6) is 0.534. The van der Waals surface area contributed by atoms with Crippen molar-refractivity contribution in [3.63, 3.8) is 0 Å². The van der Waals surface area contributed by atoms with E-state index in [0.717, 1.165) is 34.1 Å². The van der Waals surface area contributed by atoms with Crippen molar-refractivity contribution in [3.05, 3.63) is 137 Å². The zero-order chi connectivity index (χ0) is 24.9. The summed E-state index contributed by atoms with van der Waals surface area (Å²) in [6, 6.07) is 35.4. The molecule has 0 spiro atoms. The highest BCUT2D eigenvalue weighted by Crippen LogP contribution is 2.50. The number of aldehydes is 1. The highest BCUT2D eigenvalue weighted by Gasteiger charge is 2.42. The highest BCUT2D eigenvalue weighted by atomic mass is 16.7. The first-order valence-electron chi connectivity index (χ1n) is 11.9. The molecule has 3 heteroatoms. The topological polar surface area (TPSA) is 35.5 Å². The molecule has 0 amide bonds. The van der Waals surface area contributed by atoms with Crippen LogP contribution >= 0.6 is 0 Å². The van der Waals surface area contributed by atoms with Crippen LogP contribution < -0.4 is 4.74 Å². The minimum atomic E-state index is -0.730. The Bertz CT molecular complexity index is 1160. The lowest BCUT2D eigenvalue weighted by atomic mass is 9.63. The third-order valence-electron chi connectivity index (χ3n) is 6.46. The molecule has 0 aromatic heterocycles. The van der Waals surface area contributed by atoms with Gasteiger partial charge in [0.05, 0.1) is 11.0 Å². The molecule has 0 aliphatic rings. The van der Waals surface area contributed by atoms with E-state index in [1.54, 1.807) is 7.11 Å². The van der Waals surface area contributed by atoms with Crippen molar-refractivity contribution in [3.8, 4) is 5.75 Å². The molecule has 178 valence electrons. The van der Waals surface area contributed by atoms with Crippen LogP contribution in [0, 0.1) is 0 Å². The Hall–Kier alpha value is -3.69. The minimum absolute atomic E-state index is 0.0388. The number of carbonyl (C=O) groups excluding carboxylic acids is 1. The summed E-state index contributed by atoms with van der Waals surface area (Å²) in [5.41, 5.74) is 4.83. The Balaban J connectivity index is 2.24. The fraction of sp³-hybridized carbons (Fsp3) is 0.219. The van der Waals surface area contributed by atoms with Gasteiger partial charge in [0.1, 0.15) is 5.75 Å². The Morgan fingerprint density at radius 1 is 0.686 bits per heavy atom. The smallest absolute Gasteiger partial charge is 0.188 e. The number of ether oxygens (including phenoxy) is 2. The molecule has 4 aromatic carbocycles. The molecule has 3 nitrogen and oxygen atoms in total. The van der Waals surface area contributed by atoms with Gasteiger partial charge >= 0.3 is 0 Å². The maximum Gasteiger partial charge on any atom is 0.188 e. The molecule has 4 aromatic rings. The first kappa shape index (κ1) is 24.4. The van der Waals surface area contributed by atoms with Crippen molar-refractivity contribution < 1.29 is 14.3 Å². The Kier molecular flexibility index (Phi) is 7.18. The summed E-state index contributed by atoms with van der Waals surface area (Å²) in [5, 5.41) is 0. The van der Waals surface area contributed by atoms with Crippen molar-refractivity contribution >= 4 is 6.29 Å². The Morgan fingerprint density at radius 2 is 1.14 bits per heavy atom. The van der Waals surface area contributed by atoms with Crippen molar-refractivity contribution in [2.75, 3.05) is 13.9 Å². The van der Waals surface area contributed by atoms with Crippen molar-refractivity contribution in [2.24, 2.45) is 0 Å².